The molecule has 5 rings (SSSR count). The molecule has 3 aromatic carbocycles. The van der Waals surface area contributed by atoms with E-state index in [1.54, 1.807) is 24.3 Å². The lowest BCUT2D eigenvalue weighted by Gasteiger charge is -2.27. The third-order valence-corrected chi connectivity index (χ3v) is 7.60. The number of imide groups is 1. The molecule has 0 bridgehead atoms. The van der Waals surface area contributed by atoms with Crippen LogP contribution in [0.2, 0.25) is 5.02 Å². The fourth-order valence-electron chi connectivity index (χ4n) is 3.94. The van der Waals surface area contributed by atoms with Gasteiger partial charge >= 0.3 is 0 Å². The summed E-state index contributed by atoms with van der Waals surface area (Å²) in [5.74, 6) is -1.19. The molecule has 0 unspecified atom stereocenters. The molecule has 164 valence electrons. The van der Waals surface area contributed by atoms with Gasteiger partial charge in [-0.15, -0.1) is 11.3 Å². The predicted octanol–water partition coefficient (Wildman–Crippen LogP) is 6.07. The molecule has 0 aliphatic carbocycles. The number of anilines is 1. The second kappa shape index (κ2) is 8.14. The van der Waals surface area contributed by atoms with E-state index < -0.39 is 11.8 Å². The highest BCUT2D eigenvalue weighted by Gasteiger charge is 2.38. The molecule has 3 amide bonds. The molecule has 0 saturated heterocycles. The van der Waals surface area contributed by atoms with Crippen molar-refractivity contribution in [2.45, 2.75) is 13.8 Å². The number of aryl methyl sites for hydroxylation is 2. The lowest BCUT2D eigenvalue weighted by Crippen LogP contribution is -2.44. The number of nitrogens with zero attached hydrogens (tertiary/aromatic N) is 2. The summed E-state index contributed by atoms with van der Waals surface area (Å²) in [5.41, 5.74) is 3.35. The molecule has 2 heterocycles. The fourth-order valence-corrected chi connectivity index (χ4v) is 5.40. The number of hydrogen-bond acceptors (Lipinski definition) is 4. The summed E-state index contributed by atoms with van der Waals surface area (Å²) in [6.45, 7) is 3.73. The van der Waals surface area contributed by atoms with Crippen LogP contribution in [-0.2, 0) is 0 Å². The number of halogens is 1. The first-order valence-corrected chi connectivity index (χ1v) is 11.6. The molecule has 33 heavy (non-hydrogen) atoms. The zero-order chi connectivity index (χ0) is 23.3. The summed E-state index contributed by atoms with van der Waals surface area (Å²) in [6.07, 6.45) is 0. The molecule has 0 radical (unpaired) electrons. The van der Waals surface area contributed by atoms with Gasteiger partial charge in [-0.1, -0.05) is 48.0 Å². The van der Waals surface area contributed by atoms with Crippen LogP contribution in [0.1, 0.15) is 41.5 Å². The van der Waals surface area contributed by atoms with E-state index in [2.05, 4.69) is 0 Å². The Morgan fingerprint density at radius 2 is 1.55 bits per heavy atom. The van der Waals surface area contributed by atoms with Gasteiger partial charge in [-0.2, -0.15) is 0 Å². The Morgan fingerprint density at radius 1 is 0.909 bits per heavy atom. The van der Waals surface area contributed by atoms with E-state index in [1.165, 1.54) is 16.2 Å². The van der Waals surface area contributed by atoms with E-state index in [4.69, 9.17) is 11.6 Å². The Morgan fingerprint density at radius 3 is 2.18 bits per heavy atom. The molecule has 0 saturated carbocycles. The molecular formula is C26H19ClN2O3S. The van der Waals surface area contributed by atoms with Crippen LogP contribution in [0.4, 0.5) is 5.69 Å². The smallest absolute Gasteiger partial charge is 0.271 e. The van der Waals surface area contributed by atoms with E-state index >= 15 is 0 Å². The Hall–Kier alpha value is -3.48. The summed E-state index contributed by atoms with van der Waals surface area (Å²) in [5, 5.41) is 1.17. The molecule has 4 aromatic rings. The topological polar surface area (TPSA) is 57.7 Å². The van der Waals surface area contributed by atoms with Gasteiger partial charge in [0.15, 0.2) is 0 Å². The number of carbonyl (C=O) groups is 3. The third kappa shape index (κ3) is 3.52. The lowest BCUT2D eigenvalue weighted by molar-refractivity contribution is 0.0650. The summed E-state index contributed by atoms with van der Waals surface area (Å²) in [7, 11) is 0. The van der Waals surface area contributed by atoms with E-state index in [0.717, 1.165) is 26.1 Å². The first kappa shape index (κ1) is 21.4. The van der Waals surface area contributed by atoms with E-state index in [0.29, 0.717) is 26.7 Å². The molecule has 7 heteroatoms. The standard InChI is InChI=1S/C26H19ClN2O3S/c1-15-11-12-17(13-16(15)2)28(14-29-24(30)18-7-3-4-8-19(18)25(29)31)26(32)23-22(27)20-9-5-6-10-21(20)33-23/h3-13H,14H2,1-2H3. The van der Waals surface area contributed by atoms with E-state index in [1.807, 2.05) is 56.3 Å². The van der Waals surface area contributed by atoms with Crippen LogP contribution in [0.3, 0.4) is 0 Å². The Balaban J connectivity index is 1.59. The highest BCUT2D eigenvalue weighted by Crippen LogP contribution is 2.37. The zero-order valence-electron chi connectivity index (χ0n) is 18.0. The molecule has 1 aliphatic heterocycles. The molecule has 0 atom stereocenters. The average Bonchev–Trinajstić information content (AvgIpc) is 3.28. The summed E-state index contributed by atoms with van der Waals surface area (Å²) in [4.78, 5) is 42.7. The quantitative estimate of drug-likeness (QED) is 0.337. The summed E-state index contributed by atoms with van der Waals surface area (Å²) in [6, 6.07) is 19.8. The van der Waals surface area contributed by atoms with Crippen molar-refractivity contribution in [3.8, 4) is 0 Å². The van der Waals surface area contributed by atoms with E-state index in [-0.39, 0.29) is 12.6 Å². The van der Waals surface area contributed by atoms with Crippen molar-refractivity contribution >= 4 is 56.4 Å². The van der Waals surface area contributed by atoms with Gasteiger partial charge in [-0.3, -0.25) is 24.2 Å². The first-order valence-electron chi connectivity index (χ1n) is 10.4. The van der Waals surface area contributed by atoms with Gasteiger partial charge < -0.3 is 0 Å². The summed E-state index contributed by atoms with van der Waals surface area (Å²) < 4.78 is 0.895. The van der Waals surface area contributed by atoms with Crippen molar-refractivity contribution in [3.63, 3.8) is 0 Å². The summed E-state index contributed by atoms with van der Waals surface area (Å²) >= 11 is 7.90. The number of hydrogen-bond donors (Lipinski definition) is 0. The van der Waals surface area contributed by atoms with E-state index in [9.17, 15) is 14.4 Å². The van der Waals surface area contributed by atoms with Crippen LogP contribution in [-0.4, -0.2) is 29.3 Å². The number of thiophene rings is 1. The van der Waals surface area contributed by atoms with Crippen LogP contribution in [0.15, 0.2) is 66.7 Å². The van der Waals surface area contributed by atoms with Gasteiger partial charge in [-0.25, -0.2) is 0 Å². The van der Waals surface area contributed by atoms with Crippen LogP contribution in [0, 0.1) is 13.8 Å². The third-order valence-electron chi connectivity index (χ3n) is 5.94. The number of fused-ring (bicyclic) bond motifs is 2. The number of amides is 3. The van der Waals surface area contributed by atoms with Crippen molar-refractivity contribution in [2.75, 3.05) is 11.6 Å². The van der Waals surface area contributed by atoms with Crippen LogP contribution in [0.25, 0.3) is 10.1 Å². The number of rotatable bonds is 4. The van der Waals surface area contributed by atoms with Gasteiger partial charge in [0.25, 0.3) is 17.7 Å². The molecule has 0 spiro atoms. The number of benzene rings is 3. The van der Waals surface area contributed by atoms with Crippen molar-refractivity contribution in [1.29, 1.82) is 0 Å². The monoisotopic (exact) mass is 474 g/mol. The van der Waals surface area contributed by atoms with Gasteiger partial charge in [0.2, 0.25) is 0 Å². The molecule has 0 N–H and O–H groups in total. The molecule has 1 aliphatic rings. The second-order valence-corrected chi connectivity index (χ2v) is 9.40. The molecule has 1 aromatic heterocycles. The minimum Gasteiger partial charge on any atom is -0.289 e. The predicted molar refractivity (Wildman–Crippen MR) is 131 cm³/mol. The van der Waals surface area contributed by atoms with Crippen molar-refractivity contribution < 1.29 is 14.4 Å². The van der Waals surface area contributed by atoms with Crippen LogP contribution < -0.4 is 4.90 Å². The molecule has 0 fully saturated rings. The van der Waals surface area contributed by atoms with Crippen molar-refractivity contribution in [1.82, 2.24) is 4.90 Å². The average molecular weight is 475 g/mol. The lowest BCUT2D eigenvalue weighted by atomic mass is 10.1. The maximum atomic E-state index is 13.8. The highest BCUT2D eigenvalue weighted by molar-refractivity contribution is 7.21. The minimum atomic E-state index is -0.417. The van der Waals surface area contributed by atoms with Gasteiger partial charge in [0.1, 0.15) is 11.5 Å². The first-order chi connectivity index (χ1) is 15.9. The van der Waals surface area contributed by atoms with Gasteiger partial charge in [0, 0.05) is 15.8 Å². The number of carbonyl (C=O) groups excluding carboxylic acids is 3. The Labute approximate surface area is 199 Å². The second-order valence-electron chi connectivity index (χ2n) is 7.97. The highest BCUT2D eigenvalue weighted by atomic mass is 35.5. The largest absolute Gasteiger partial charge is 0.289 e. The van der Waals surface area contributed by atoms with Crippen molar-refractivity contribution in [3.05, 3.63) is 98.9 Å². The van der Waals surface area contributed by atoms with Crippen molar-refractivity contribution in [2.24, 2.45) is 0 Å². The zero-order valence-corrected chi connectivity index (χ0v) is 19.5. The SMILES string of the molecule is Cc1ccc(N(CN2C(=O)c3ccccc3C2=O)C(=O)c2sc3ccccc3c2Cl)cc1C. The van der Waals surface area contributed by atoms with Crippen LogP contribution >= 0.6 is 22.9 Å². The minimum absolute atomic E-state index is 0.210. The van der Waals surface area contributed by atoms with Gasteiger partial charge in [-0.05, 0) is 55.3 Å². The van der Waals surface area contributed by atoms with Crippen LogP contribution in [0.5, 0.6) is 0 Å². The van der Waals surface area contributed by atoms with Gasteiger partial charge in [0.05, 0.1) is 16.1 Å². The molecular weight excluding hydrogens is 456 g/mol. The fraction of sp³-hybridized carbons (Fsp3) is 0.115. The Kier molecular flexibility index (Phi) is 5.27. The Bertz CT molecular complexity index is 1420. The normalized spacial score (nSPS) is 13.0. The maximum absolute atomic E-state index is 13.8. The maximum Gasteiger partial charge on any atom is 0.271 e. The molecule has 5 nitrogen and oxygen atoms in total.